The molecule has 1 aliphatic carbocycles. The third-order valence-corrected chi connectivity index (χ3v) is 5.07. The van der Waals surface area contributed by atoms with E-state index in [1.54, 1.807) is 6.07 Å². The third-order valence-electron chi connectivity index (χ3n) is 5.07. The number of β-amino-alcohol motifs (C(OH)–C–C–N with tert-alkyl or cyclic N) is 1. The molecule has 1 aliphatic heterocycles. The average Bonchev–Trinajstić information content (AvgIpc) is 2.96. The summed E-state index contributed by atoms with van der Waals surface area (Å²) in [5.74, 6) is -0.259. The first kappa shape index (κ1) is 13.0. The van der Waals surface area contributed by atoms with Gasteiger partial charge >= 0.3 is 0 Å². The van der Waals surface area contributed by atoms with Gasteiger partial charge in [0.05, 0.1) is 31.3 Å². The van der Waals surface area contributed by atoms with Gasteiger partial charge in [-0.05, 0) is 43.4 Å². The molecule has 2 aliphatic rings. The predicted molar refractivity (Wildman–Crippen MR) is 92.6 cm³/mol. The lowest BCUT2D eigenvalue weighted by atomic mass is 9.91. The van der Waals surface area contributed by atoms with Crippen LogP contribution in [0.15, 0.2) is 18.2 Å². The number of phenolic OH excluding ortho intramolecular Hbond substituents is 1. The minimum Gasteiger partial charge on any atom is -0.504 e. The number of phenols is 1. The maximum Gasteiger partial charge on any atom is 0.160 e. The Morgan fingerprint density at radius 1 is 1.33 bits per heavy atom. The molecule has 5 nitrogen and oxygen atoms in total. The Bertz CT molecular complexity index is 668. The fourth-order valence-corrected chi connectivity index (χ4v) is 3.77. The van der Waals surface area contributed by atoms with Crippen molar-refractivity contribution in [2.45, 2.75) is 56.8 Å². The molecule has 1 heterocycles. The van der Waals surface area contributed by atoms with Crippen LogP contribution in [0.5, 0.6) is 11.5 Å². The van der Waals surface area contributed by atoms with E-state index in [0.29, 0.717) is 26.0 Å². The molecule has 0 bridgehead atoms. The van der Waals surface area contributed by atoms with Gasteiger partial charge in [0.2, 0.25) is 0 Å². The van der Waals surface area contributed by atoms with Crippen LogP contribution in [0.2, 0.25) is 0 Å². The molecule has 1 aromatic carbocycles. The molecule has 0 aromatic heterocycles. The zero-order valence-corrected chi connectivity index (χ0v) is 13.9. The van der Waals surface area contributed by atoms with E-state index in [2.05, 4.69) is 4.90 Å². The van der Waals surface area contributed by atoms with Crippen molar-refractivity contribution in [3.8, 4) is 11.5 Å². The van der Waals surface area contributed by atoms with Gasteiger partial charge in [-0.1, -0.05) is 18.9 Å². The van der Waals surface area contributed by atoms with Gasteiger partial charge < -0.3 is 19.7 Å². The second-order valence-corrected chi connectivity index (χ2v) is 6.70. The number of methoxy groups -OCH3 is 1. The molecule has 0 amide bonds. The van der Waals surface area contributed by atoms with E-state index in [4.69, 9.17) is 15.0 Å². The number of likely N-dealkylation sites (tertiary alicyclic amines) is 1. The van der Waals surface area contributed by atoms with Gasteiger partial charge in [0.1, 0.15) is 0 Å². The van der Waals surface area contributed by atoms with Crippen molar-refractivity contribution in [3.63, 3.8) is 0 Å². The number of aromatic hydroxyl groups is 1. The summed E-state index contributed by atoms with van der Waals surface area (Å²) in [7, 11) is -2.60. The maximum absolute atomic E-state index is 9.97. The lowest BCUT2D eigenvalue weighted by Crippen LogP contribution is -2.46. The minimum absolute atomic E-state index is 0.0612. The molecule has 0 unspecified atom stereocenters. The lowest BCUT2D eigenvalue weighted by molar-refractivity contribution is -0.0316. The Balaban J connectivity index is 1.52. The lowest BCUT2D eigenvalue weighted by Gasteiger charge is -2.37. The smallest absolute Gasteiger partial charge is 0.160 e. The normalized spacial score (nSPS) is 34.2. The second-order valence-electron chi connectivity index (χ2n) is 6.70. The van der Waals surface area contributed by atoms with Gasteiger partial charge in [0, 0.05) is 19.1 Å². The van der Waals surface area contributed by atoms with E-state index in [1.165, 1.54) is 12.1 Å². The molecule has 1 saturated carbocycles. The van der Waals surface area contributed by atoms with Gasteiger partial charge in [0.25, 0.3) is 0 Å². The maximum atomic E-state index is 9.97. The highest BCUT2D eigenvalue weighted by molar-refractivity contribution is 5.41. The Kier molecular flexibility index (Phi) is 4.43. The first-order valence-corrected chi connectivity index (χ1v) is 8.72. The van der Waals surface area contributed by atoms with Gasteiger partial charge in [-0.2, -0.15) is 0 Å². The Labute approximate surface area is 149 Å². The molecule has 3 atom stereocenters. The summed E-state index contributed by atoms with van der Waals surface area (Å²) in [6.07, 6.45) is 4.02. The summed E-state index contributed by atoms with van der Waals surface area (Å²) >= 11 is 0. The zero-order valence-electron chi connectivity index (χ0n) is 17.9. The highest BCUT2D eigenvalue weighted by Gasteiger charge is 2.34. The number of hydrogen-bond donors (Lipinski definition) is 2. The summed E-state index contributed by atoms with van der Waals surface area (Å²) in [4.78, 5) is 2.18. The van der Waals surface area contributed by atoms with Crippen LogP contribution in [-0.4, -0.2) is 60.1 Å². The Morgan fingerprint density at radius 2 is 2.21 bits per heavy atom. The fraction of sp³-hybridized carbons (Fsp3) is 0.684. The number of ether oxygens (including phenoxy) is 2. The molecule has 5 heteroatoms. The van der Waals surface area contributed by atoms with E-state index in [-0.39, 0.29) is 23.6 Å². The van der Waals surface area contributed by atoms with E-state index in [0.717, 1.165) is 37.8 Å². The van der Waals surface area contributed by atoms with Crippen LogP contribution in [0.25, 0.3) is 0 Å². The van der Waals surface area contributed by atoms with Gasteiger partial charge in [-0.3, -0.25) is 4.90 Å². The van der Waals surface area contributed by atoms with Crippen molar-refractivity contribution in [2.24, 2.45) is 0 Å². The van der Waals surface area contributed by atoms with Crippen LogP contribution in [0.1, 0.15) is 43.2 Å². The summed E-state index contributed by atoms with van der Waals surface area (Å²) in [6, 6.07) is 4.92. The Morgan fingerprint density at radius 3 is 2.96 bits per heavy atom. The molecule has 134 valence electrons. The van der Waals surface area contributed by atoms with Crippen LogP contribution in [0.3, 0.4) is 0 Å². The highest BCUT2D eigenvalue weighted by atomic mass is 16.5. The van der Waals surface area contributed by atoms with Crippen LogP contribution in [0.4, 0.5) is 0 Å². The molecule has 3 rings (SSSR count). The van der Waals surface area contributed by atoms with Crippen LogP contribution in [0, 0.1) is 0 Å². The van der Waals surface area contributed by atoms with Crippen molar-refractivity contribution in [1.82, 2.24) is 4.90 Å². The van der Waals surface area contributed by atoms with E-state index in [9.17, 15) is 10.2 Å². The van der Waals surface area contributed by atoms with E-state index < -0.39 is 13.1 Å². The second kappa shape index (κ2) is 8.19. The third kappa shape index (κ3) is 4.21. The van der Waals surface area contributed by atoms with E-state index in [1.807, 2.05) is 0 Å². The first-order valence-electron chi connectivity index (χ1n) is 10.7. The van der Waals surface area contributed by atoms with Gasteiger partial charge in [-0.25, -0.2) is 0 Å². The topological polar surface area (TPSA) is 62.2 Å². The molecule has 2 N–H and O–H groups in total. The number of rotatable bonds is 6. The van der Waals surface area contributed by atoms with Crippen molar-refractivity contribution in [1.29, 1.82) is 0 Å². The molecule has 0 radical (unpaired) electrons. The Hall–Kier alpha value is -1.30. The zero-order chi connectivity index (χ0) is 20.4. The summed E-state index contributed by atoms with van der Waals surface area (Å²) < 4.78 is 40.1. The SMILES string of the molecule is [2H]C([2H])([2H])Oc1ccc(CCO[C@@H]2CCCC[C@H]2N2CC[C@@]([2H])(O)C2)cc1O. The summed E-state index contributed by atoms with van der Waals surface area (Å²) in [6.45, 7) is 1.58. The average molecular weight is 339 g/mol. The molecular weight excluding hydrogens is 306 g/mol. The fourth-order valence-electron chi connectivity index (χ4n) is 3.77. The van der Waals surface area contributed by atoms with Crippen LogP contribution >= 0.6 is 0 Å². The largest absolute Gasteiger partial charge is 0.504 e. The van der Waals surface area contributed by atoms with Crippen molar-refractivity contribution in [2.75, 3.05) is 26.7 Å². The van der Waals surface area contributed by atoms with Crippen LogP contribution in [-0.2, 0) is 11.2 Å². The van der Waals surface area contributed by atoms with Crippen molar-refractivity contribution < 1.29 is 25.2 Å². The summed E-state index contributed by atoms with van der Waals surface area (Å²) in [5, 5.41) is 19.9. The summed E-state index contributed by atoms with van der Waals surface area (Å²) in [5.41, 5.74) is 0.837. The van der Waals surface area contributed by atoms with Crippen molar-refractivity contribution in [3.05, 3.63) is 23.8 Å². The molecule has 0 spiro atoms. The number of aliphatic hydroxyl groups is 1. The highest BCUT2D eigenvalue weighted by Crippen LogP contribution is 2.29. The minimum atomic E-state index is -2.60. The molecular formula is C19H29NO4. The first-order chi connectivity index (χ1) is 13.1. The molecule has 1 saturated heterocycles. The van der Waals surface area contributed by atoms with Crippen molar-refractivity contribution >= 4 is 0 Å². The number of hydrogen-bond acceptors (Lipinski definition) is 5. The van der Waals surface area contributed by atoms with Gasteiger partial charge in [-0.15, -0.1) is 0 Å². The number of benzene rings is 1. The molecule has 24 heavy (non-hydrogen) atoms. The number of nitrogens with zero attached hydrogens (tertiary/aromatic N) is 1. The quantitative estimate of drug-likeness (QED) is 0.833. The molecule has 1 aromatic rings. The van der Waals surface area contributed by atoms with Gasteiger partial charge in [0.15, 0.2) is 11.5 Å². The molecule has 2 fully saturated rings. The monoisotopic (exact) mass is 339 g/mol. The van der Waals surface area contributed by atoms with Crippen LogP contribution < -0.4 is 4.74 Å². The predicted octanol–water partition coefficient (Wildman–Crippen LogP) is 2.34. The van der Waals surface area contributed by atoms with E-state index >= 15 is 0 Å². The standard InChI is InChI=1S/C19H29NO4/c1-23-19-7-6-14(12-17(19)22)9-11-24-18-5-3-2-4-16(18)20-10-8-15(21)13-20/h6-7,12,15-16,18,21-22H,2-5,8-11,13H2,1H3/t15-,16-,18-/m1/s1/i1D3,15D.